The predicted octanol–water partition coefficient (Wildman–Crippen LogP) is 4.76. The van der Waals surface area contributed by atoms with Crippen LogP contribution >= 0.6 is 35.8 Å². The van der Waals surface area contributed by atoms with Crippen LogP contribution in [0.15, 0.2) is 53.6 Å². The maximum Gasteiger partial charge on any atom is 0.0718 e. The number of halogens is 2. The van der Waals surface area contributed by atoms with Gasteiger partial charge in [0.2, 0.25) is 0 Å². The van der Waals surface area contributed by atoms with Crippen molar-refractivity contribution in [2.24, 2.45) is 0 Å². The molecule has 1 aromatic rings. The van der Waals surface area contributed by atoms with E-state index < -0.39 is 4.75 Å². The van der Waals surface area contributed by atoms with Gasteiger partial charge in [0.1, 0.15) is 0 Å². The van der Waals surface area contributed by atoms with Gasteiger partial charge >= 0.3 is 0 Å². The largest absolute Gasteiger partial charge is 0.166 e. The maximum atomic E-state index is 6.38. The summed E-state index contributed by atoms with van der Waals surface area (Å²) in [5, 5.41) is 0.466. The zero-order valence-corrected chi connectivity index (χ0v) is 11.9. The molecule has 3 heteroatoms. The Morgan fingerprint density at radius 3 is 2.53 bits per heavy atom. The average Bonchev–Trinajstić information content (AvgIpc) is 2.34. The van der Waals surface area contributed by atoms with Gasteiger partial charge in [-0.05, 0) is 17.7 Å². The van der Waals surface area contributed by atoms with Crippen molar-refractivity contribution < 1.29 is 0 Å². The summed E-state index contributed by atoms with van der Waals surface area (Å²) in [7, 11) is 0. The highest BCUT2D eigenvalue weighted by molar-refractivity contribution is 7.82. The van der Waals surface area contributed by atoms with Gasteiger partial charge in [-0.3, -0.25) is 0 Å². The van der Waals surface area contributed by atoms with Gasteiger partial charge in [0, 0.05) is 11.0 Å². The average molecular weight is 285 g/mol. The molecule has 0 bridgehead atoms. The lowest BCUT2D eigenvalue weighted by atomic mass is 9.82. The van der Waals surface area contributed by atoms with Crippen LogP contribution in [0.5, 0.6) is 0 Å². The van der Waals surface area contributed by atoms with Crippen LogP contribution in [0.2, 0.25) is 0 Å². The van der Waals surface area contributed by atoms with E-state index >= 15 is 0 Å². The topological polar surface area (TPSA) is 0 Å². The molecule has 0 heterocycles. The van der Waals surface area contributed by atoms with E-state index in [2.05, 4.69) is 19.1 Å². The van der Waals surface area contributed by atoms with Gasteiger partial charge in [-0.2, -0.15) is 12.6 Å². The van der Waals surface area contributed by atoms with Crippen LogP contribution in [0.1, 0.15) is 18.4 Å². The number of rotatable bonds is 2. The molecule has 90 valence electrons. The number of thiol groups is 1. The first kappa shape index (κ1) is 13.1. The van der Waals surface area contributed by atoms with Gasteiger partial charge in [-0.15, -0.1) is 11.6 Å². The fourth-order valence-corrected chi connectivity index (χ4v) is 2.97. The minimum Gasteiger partial charge on any atom is -0.166 e. The highest BCUT2D eigenvalue weighted by Crippen LogP contribution is 2.43. The molecule has 1 aliphatic carbocycles. The molecule has 0 N–H and O–H groups in total. The van der Waals surface area contributed by atoms with Gasteiger partial charge < -0.3 is 0 Å². The van der Waals surface area contributed by atoms with Crippen molar-refractivity contribution in [3.63, 3.8) is 0 Å². The minimum atomic E-state index is -0.401. The van der Waals surface area contributed by atoms with Crippen molar-refractivity contribution in [3.8, 4) is 0 Å². The third-order valence-corrected chi connectivity index (χ3v) is 4.96. The molecular formula is C14H14Cl2S. The molecule has 0 saturated carbocycles. The van der Waals surface area contributed by atoms with Crippen molar-refractivity contribution >= 4 is 35.8 Å². The fourth-order valence-electron chi connectivity index (χ4n) is 2.03. The number of hydrogen-bond donors (Lipinski definition) is 1. The fraction of sp³-hybridized carbons (Fsp3) is 0.286. The van der Waals surface area contributed by atoms with E-state index in [1.807, 2.05) is 36.4 Å². The number of hydrogen-bond acceptors (Lipinski definition) is 1. The third-order valence-electron chi connectivity index (χ3n) is 3.25. The first-order chi connectivity index (χ1) is 8.04. The highest BCUT2D eigenvalue weighted by Gasteiger charge is 2.38. The second-order valence-corrected chi connectivity index (χ2v) is 5.99. The van der Waals surface area contributed by atoms with E-state index in [-0.39, 0.29) is 11.3 Å². The molecule has 0 aliphatic heterocycles. The Bertz CT molecular complexity index is 453. The Labute approximate surface area is 118 Å². The molecule has 0 fully saturated rings. The number of alkyl halides is 1. The zero-order valence-electron chi connectivity index (χ0n) is 9.48. The van der Waals surface area contributed by atoms with E-state index in [1.54, 1.807) is 0 Å². The van der Waals surface area contributed by atoms with Crippen molar-refractivity contribution in [2.75, 3.05) is 0 Å². The normalized spacial score (nSPS) is 29.9. The standard InChI is InChI=1S/C14H14Cl2S/c1-10(11-5-3-2-4-6-11)14(17)8-7-12(15)9-13(14)16/h2-10,13,17H,1H3. The molecule has 1 aromatic carbocycles. The zero-order chi connectivity index (χ0) is 12.5. The Morgan fingerprint density at radius 2 is 1.94 bits per heavy atom. The summed E-state index contributed by atoms with van der Waals surface area (Å²) >= 11 is 17.1. The summed E-state index contributed by atoms with van der Waals surface area (Å²) in [5.74, 6) is 0.215. The van der Waals surface area contributed by atoms with Crippen LogP contribution in [0, 0.1) is 0 Å². The first-order valence-electron chi connectivity index (χ1n) is 5.52. The summed E-state index contributed by atoms with van der Waals surface area (Å²) in [6.45, 7) is 2.13. The van der Waals surface area contributed by atoms with Crippen molar-refractivity contribution in [3.05, 3.63) is 59.2 Å². The molecule has 3 unspecified atom stereocenters. The highest BCUT2D eigenvalue weighted by atomic mass is 35.5. The second-order valence-electron chi connectivity index (χ2n) is 4.31. The summed E-state index contributed by atoms with van der Waals surface area (Å²) in [5.41, 5.74) is 1.23. The lowest BCUT2D eigenvalue weighted by molar-refractivity contribution is 0.602. The quantitative estimate of drug-likeness (QED) is 0.588. The molecule has 0 aromatic heterocycles. The van der Waals surface area contributed by atoms with Crippen LogP contribution < -0.4 is 0 Å². The Morgan fingerprint density at radius 1 is 1.29 bits per heavy atom. The SMILES string of the molecule is CC(c1ccccc1)C1(S)C=CC(Cl)=CC1Cl. The van der Waals surface area contributed by atoms with Crippen LogP contribution in [0.3, 0.4) is 0 Å². The molecule has 0 amide bonds. The molecule has 0 radical (unpaired) electrons. The minimum absolute atomic E-state index is 0.210. The molecule has 3 atom stereocenters. The molecule has 0 spiro atoms. The molecule has 1 aliphatic rings. The molecular weight excluding hydrogens is 271 g/mol. The van der Waals surface area contributed by atoms with Crippen LogP contribution in [-0.4, -0.2) is 10.1 Å². The predicted molar refractivity (Wildman–Crippen MR) is 79.3 cm³/mol. The van der Waals surface area contributed by atoms with E-state index in [9.17, 15) is 0 Å². The van der Waals surface area contributed by atoms with E-state index in [0.717, 1.165) is 0 Å². The van der Waals surface area contributed by atoms with Gasteiger partial charge in [0.25, 0.3) is 0 Å². The van der Waals surface area contributed by atoms with E-state index in [1.165, 1.54) is 5.56 Å². The van der Waals surface area contributed by atoms with E-state index in [4.69, 9.17) is 35.8 Å². The summed E-state index contributed by atoms with van der Waals surface area (Å²) in [4.78, 5) is 0. The van der Waals surface area contributed by atoms with Gasteiger partial charge in [-0.25, -0.2) is 0 Å². The molecule has 2 rings (SSSR count). The van der Waals surface area contributed by atoms with Crippen LogP contribution in [0.4, 0.5) is 0 Å². The van der Waals surface area contributed by atoms with Crippen LogP contribution in [-0.2, 0) is 0 Å². The third kappa shape index (κ3) is 2.57. The van der Waals surface area contributed by atoms with Crippen molar-refractivity contribution in [1.82, 2.24) is 0 Å². The second kappa shape index (κ2) is 5.09. The lowest BCUT2D eigenvalue weighted by Gasteiger charge is -2.37. The van der Waals surface area contributed by atoms with Crippen LogP contribution in [0.25, 0.3) is 0 Å². The van der Waals surface area contributed by atoms with E-state index in [0.29, 0.717) is 5.03 Å². The first-order valence-corrected chi connectivity index (χ1v) is 6.78. The van der Waals surface area contributed by atoms with Gasteiger partial charge in [0.05, 0.1) is 10.1 Å². The van der Waals surface area contributed by atoms with Crippen molar-refractivity contribution in [2.45, 2.75) is 23.0 Å². The Hall–Kier alpha value is -0.370. The molecule has 0 nitrogen and oxygen atoms in total. The number of benzene rings is 1. The summed E-state index contributed by atoms with van der Waals surface area (Å²) < 4.78 is -0.401. The molecule has 0 saturated heterocycles. The van der Waals surface area contributed by atoms with Gasteiger partial charge in [-0.1, -0.05) is 54.9 Å². The monoisotopic (exact) mass is 284 g/mol. The Balaban J connectivity index is 2.31. The summed E-state index contributed by atoms with van der Waals surface area (Å²) in [6.07, 6.45) is 5.70. The smallest absolute Gasteiger partial charge is 0.0718 e. The van der Waals surface area contributed by atoms with Crippen molar-refractivity contribution in [1.29, 1.82) is 0 Å². The maximum absolute atomic E-state index is 6.38. The van der Waals surface area contributed by atoms with Gasteiger partial charge in [0.15, 0.2) is 0 Å². The lowest BCUT2D eigenvalue weighted by Crippen LogP contribution is -2.37. The molecule has 17 heavy (non-hydrogen) atoms. The Kier molecular flexibility index (Phi) is 3.92. The number of allylic oxidation sites excluding steroid dienone is 3. The summed E-state index contributed by atoms with van der Waals surface area (Å²) in [6, 6.07) is 10.3.